The Morgan fingerprint density at radius 1 is 1.38 bits per heavy atom. The third-order valence-electron chi connectivity index (χ3n) is 1.96. The van der Waals surface area contributed by atoms with Gasteiger partial charge < -0.3 is 10.4 Å². The zero-order valence-corrected chi connectivity index (χ0v) is 8.67. The summed E-state index contributed by atoms with van der Waals surface area (Å²) < 4.78 is 37.7. The number of likely N-dealkylation sites (N-methyl/N-ethyl adjacent to an activating group) is 1. The maximum Gasteiger partial charge on any atom is 0.417 e. The monoisotopic (exact) mass is 231 g/mol. The zero-order chi connectivity index (χ0) is 12.2. The van der Waals surface area contributed by atoms with Crippen molar-refractivity contribution in [3.63, 3.8) is 0 Å². The molecule has 0 spiro atoms. The van der Waals surface area contributed by atoms with Gasteiger partial charge in [0.15, 0.2) is 0 Å². The lowest BCUT2D eigenvalue weighted by atomic mass is 10.1. The van der Waals surface area contributed by atoms with Crippen LogP contribution in [-0.2, 0) is 6.18 Å². The molecule has 1 rings (SSSR count). The van der Waals surface area contributed by atoms with E-state index in [1.54, 1.807) is 13.1 Å². The second-order valence-corrected chi connectivity index (χ2v) is 3.23. The van der Waals surface area contributed by atoms with Crippen LogP contribution in [0.15, 0.2) is 24.3 Å². The number of hydrogen-bond donors (Lipinski definition) is 2. The molecule has 1 aromatic rings. The van der Waals surface area contributed by atoms with Gasteiger partial charge in [-0.2, -0.15) is 13.2 Å². The van der Waals surface area contributed by atoms with Crippen molar-refractivity contribution < 1.29 is 18.3 Å². The molecule has 0 aliphatic heterocycles. The summed E-state index contributed by atoms with van der Waals surface area (Å²) >= 11 is 0. The number of benzene rings is 1. The van der Waals surface area contributed by atoms with Crippen LogP contribution in [0.1, 0.15) is 11.1 Å². The Bertz CT molecular complexity index is 385. The lowest BCUT2D eigenvalue weighted by Gasteiger charge is -2.10. The van der Waals surface area contributed by atoms with Crippen molar-refractivity contribution in [3.05, 3.63) is 35.4 Å². The highest BCUT2D eigenvalue weighted by Crippen LogP contribution is 2.34. The number of phenolic OH excluding ortho intramolecular Hbond substituents is 1. The highest BCUT2D eigenvalue weighted by Gasteiger charge is 2.33. The molecule has 16 heavy (non-hydrogen) atoms. The van der Waals surface area contributed by atoms with Crippen molar-refractivity contribution in [2.24, 2.45) is 0 Å². The Hall–Kier alpha value is -1.49. The SMILES string of the molecule is CNCC=Cc1ccc(O)cc1C(F)(F)F. The first-order valence-electron chi connectivity index (χ1n) is 4.66. The molecule has 0 aliphatic rings. The van der Waals surface area contributed by atoms with Crippen LogP contribution in [0.2, 0.25) is 0 Å². The Morgan fingerprint density at radius 3 is 2.62 bits per heavy atom. The van der Waals surface area contributed by atoms with Gasteiger partial charge in [0.05, 0.1) is 5.56 Å². The van der Waals surface area contributed by atoms with Gasteiger partial charge in [-0.3, -0.25) is 0 Å². The standard InChI is InChI=1S/C11H12F3NO/c1-15-6-2-3-8-4-5-9(16)7-10(8)11(12,13)14/h2-5,7,15-16H,6H2,1H3. The predicted octanol–water partition coefficient (Wildman–Crippen LogP) is 2.64. The Balaban J connectivity index is 3.08. The molecule has 1 aromatic carbocycles. The molecule has 0 atom stereocenters. The normalized spacial score (nSPS) is 12.2. The van der Waals surface area contributed by atoms with Gasteiger partial charge >= 0.3 is 6.18 Å². The molecule has 88 valence electrons. The molecule has 0 aliphatic carbocycles. The van der Waals surface area contributed by atoms with Gasteiger partial charge in [-0.1, -0.05) is 18.2 Å². The lowest BCUT2D eigenvalue weighted by molar-refractivity contribution is -0.137. The maximum atomic E-state index is 12.6. The third kappa shape index (κ3) is 3.27. The molecular weight excluding hydrogens is 219 g/mol. The van der Waals surface area contributed by atoms with Gasteiger partial charge in [-0.15, -0.1) is 0 Å². The third-order valence-corrected chi connectivity index (χ3v) is 1.96. The maximum absolute atomic E-state index is 12.6. The first-order valence-corrected chi connectivity index (χ1v) is 4.66. The van der Waals surface area contributed by atoms with Crippen molar-refractivity contribution in [2.45, 2.75) is 6.18 Å². The highest BCUT2D eigenvalue weighted by atomic mass is 19.4. The molecule has 0 amide bonds. The minimum Gasteiger partial charge on any atom is -0.508 e. The van der Waals surface area contributed by atoms with Crippen molar-refractivity contribution >= 4 is 6.08 Å². The zero-order valence-electron chi connectivity index (χ0n) is 8.67. The molecule has 0 radical (unpaired) electrons. The van der Waals surface area contributed by atoms with Crippen molar-refractivity contribution in [1.29, 1.82) is 0 Å². The Kier molecular flexibility index (Phi) is 3.95. The van der Waals surface area contributed by atoms with E-state index in [0.717, 1.165) is 6.07 Å². The van der Waals surface area contributed by atoms with E-state index in [-0.39, 0.29) is 5.56 Å². The average Bonchev–Trinajstić information content (AvgIpc) is 2.19. The smallest absolute Gasteiger partial charge is 0.417 e. The van der Waals surface area contributed by atoms with Gasteiger partial charge in [-0.25, -0.2) is 0 Å². The summed E-state index contributed by atoms with van der Waals surface area (Å²) in [6.07, 6.45) is -1.50. The molecule has 0 heterocycles. The fraction of sp³-hybridized carbons (Fsp3) is 0.273. The van der Waals surface area contributed by atoms with Gasteiger partial charge in [0.1, 0.15) is 5.75 Å². The highest BCUT2D eigenvalue weighted by molar-refractivity contribution is 5.56. The van der Waals surface area contributed by atoms with Crippen LogP contribution < -0.4 is 5.32 Å². The summed E-state index contributed by atoms with van der Waals surface area (Å²) in [7, 11) is 1.70. The van der Waals surface area contributed by atoms with Gasteiger partial charge in [0.2, 0.25) is 0 Å². The van der Waals surface area contributed by atoms with Gasteiger partial charge in [-0.05, 0) is 24.7 Å². The summed E-state index contributed by atoms with van der Waals surface area (Å²) in [5, 5.41) is 11.8. The van der Waals surface area contributed by atoms with E-state index in [1.807, 2.05) is 0 Å². The van der Waals surface area contributed by atoms with Crippen molar-refractivity contribution in [3.8, 4) is 5.75 Å². The summed E-state index contributed by atoms with van der Waals surface area (Å²) in [6, 6.07) is 3.19. The number of nitrogens with one attached hydrogen (secondary N) is 1. The molecule has 0 fully saturated rings. The van der Waals surface area contributed by atoms with Crippen LogP contribution in [0, 0.1) is 0 Å². The van der Waals surface area contributed by atoms with E-state index in [0.29, 0.717) is 6.54 Å². The molecule has 0 bridgehead atoms. The van der Waals surface area contributed by atoms with E-state index >= 15 is 0 Å². The van der Waals surface area contributed by atoms with E-state index in [4.69, 9.17) is 5.11 Å². The van der Waals surface area contributed by atoms with Crippen molar-refractivity contribution in [2.75, 3.05) is 13.6 Å². The summed E-state index contributed by atoms with van der Waals surface area (Å²) in [6.45, 7) is 0.484. The van der Waals surface area contributed by atoms with Crippen LogP contribution in [0.5, 0.6) is 5.75 Å². The summed E-state index contributed by atoms with van der Waals surface area (Å²) in [5.74, 6) is -0.391. The van der Waals surface area contributed by atoms with Crippen LogP contribution in [0.4, 0.5) is 13.2 Å². The molecule has 0 saturated carbocycles. The molecule has 0 aromatic heterocycles. The fourth-order valence-corrected chi connectivity index (χ4v) is 1.24. The van der Waals surface area contributed by atoms with Gasteiger partial charge in [0.25, 0.3) is 0 Å². The number of hydrogen-bond acceptors (Lipinski definition) is 2. The number of alkyl halides is 3. The van der Waals surface area contributed by atoms with E-state index in [2.05, 4.69) is 5.32 Å². The Labute approximate surface area is 91.4 Å². The number of aromatic hydroxyl groups is 1. The molecule has 2 N–H and O–H groups in total. The summed E-state index contributed by atoms with van der Waals surface area (Å²) in [5.41, 5.74) is -0.791. The van der Waals surface area contributed by atoms with Crippen LogP contribution in [0.3, 0.4) is 0 Å². The molecular formula is C11H12F3NO. The van der Waals surface area contributed by atoms with E-state index in [9.17, 15) is 13.2 Å². The quantitative estimate of drug-likeness (QED) is 0.838. The number of halogens is 3. The first-order chi connectivity index (χ1) is 7.45. The van der Waals surface area contributed by atoms with Crippen LogP contribution in [-0.4, -0.2) is 18.7 Å². The fourth-order valence-electron chi connectivity index (χ4n) is 1.24. The molecule has 2 nitrogen and oxygen atoms in total. The average molecular weight is 231 g/mol. The summed E-state index contributed by atoms with van der Waals surface area (Å²) in [4.78, 5) is 0. The lowest BCUT2D eigenvalue weighted by Crippen LogP contribution is -2.07. The second kappa shape index (κ2) is 5.03. The van der Waals surface area contributed by atoms with Gasteiger partial charge in [0, 0.05) is 6.54 Å². The van der Waals surface area contributed by atoms with E-state index in [1.165, 1.54) is 18.2 Å². The van der Waals surface area contributed by atoms with Crippen LogP contribution in [0.25, 0.3) is 6.08 Å². The van der Waals surface area contributed by atoms with Crippen LogP contribution >= 0.6 is 0 Å². The largest absolute Gasteiger partial charge is 0.508 e. The first kappa shape index (κ1) is 12.6. The minimum atomic E-state index is -4.46. The molecule has 0 saturated heterocycles. The topological polar surface area (TPSA) is 32.3 Å². The van der Waals surface area contributed by atoms with Crippen molar-refractivity contribution in [1.82, 2.24) is 5.32 Å². The van der Waals surface area contributed by atoms with E-state index < -0.39 is 17.5 Å². The predicted molar refractivity (Wildman–Crippen MR) is 56.1 cm³/mol. The number of phenols is 1. The number of rotatable bonds is 3. The molecule has 0 unspecified atom stereocenters. The Morgan fingerprint density at radius 2 is 2.06 bits per heavy atom. The second-order valence-electron chi connectivity index (χ2n) is 3.23. The minimum absolute atomic E-state index is 0.0422. The molecule has 5 heteroatoms.